The van der Waals surface area contributed by atoms with Gasteiger partial charge in [0.2, 0.25) is 23.6 Å². The Morgan fingerprint density at radius 1 is 1.00 bits per heavy atom. The molecule has 30 heavy (non-hydrogen) atoms. The van der Waals surface area contributed by atoms with Crippen molar-refractivity contribution >= 4 is 54.0 Å². The second-order valence-electron chi connectivity index (χ2n) is 6.93. The number of nitrogens with two attached hydrogens (primary N) is 2. The minimum absolute atomic E-state index is 0.0958. The molecule has 4 amide bonds. The molecule has 4 unspecified atom stereocenters. The monoisotopic (exact) mass is 465 g/mol. The number of hydrogen-bond acceptors (Lipinski definition) is 8. The molecule has 0 rings (SSSR count). The second-order valence-corrected chi connectivity index (χ2v) is 8.28. The first-order valence-electron chi connectivity index (χ1n) is 9.22. The summed E-state index contributed by atoms with van der Waals surface area (Å²) >= 11 is 5.55. The van der Waals surface area contributed by atoms with Crippen molar-refractivity contribution in [2.45, 2.75) is 50.9 Å². The first-order chi connectivity index (χ1) is 13.9. The van der Waals surface area contributed by atoms with Crippen molar-refractivity contribution in [3.63, 3.8) is 0 Å². The summed E-state index contributed by atoms with van der Waals surface area (Å²) in [5.41, 5.74) is 10.9. The maximum Gasteiger partial charge on any atom is 0.326 e. The van der Waals surface area contributed by atoms with Gasteiger partial charge >= 0.3 is 5.97 Å². The van der Waals surface area contributed by atoms with Gasteiger partial charge in [-0.3, -0.25) is 19.2 Å². The van der Waals surface area contributed by atoms with Crippen LogP contribution in [-0.2, 0) is 24.0 Å². The van der Waals surface area contributed by atoms with Crippen LogP contribution in [0, 0.1) is 5.92 Å². The van der Waals surface area contributed by atoms with Gasteiger partial charge in [0.1, 0.15) is 18.1 Å². The standard InChI is InChI=1S/C17H31N5O6S2/c1-8(2)13(17(27)28)22-15(25)10(6-12(19)23)20-16(26)11(7-29)21-14(24)9(18)4-5-30-3/h8-11,13,29H,4-7,18H2,1-3H3,(H2,19,23)(H,20,26)(H,21,24)(H,22,25)(H,27,28). The molecule has 0 aromatic carbocycles. The summed E-state index contributed by atoms with van der Waals surface area (Å²) in [5, 5.41) is 16.3. The van der Waals surface area contributed by atoms with Crippen molar-refractivity contribution in [2.24, 2.45) is 17.4 Å². The number of thiol groups is 1. The normalized spacial score (nSPS) is 14.9. The molecule has 0 aliphatic carbocycles. The van der Waals surface area contributed by atoms with Crippen LogP contribution in [-0.4, -0.2) is 76.6 Å². The van der Waals surface area contributed by atoms with Gasteiger partial charge in [-0.05, 0) is 24.3 Å². The molecule has 4 atom stereocenters. The summed E-state index contributed by atoms with van der Waals surface area (Å²) in [4.78, 5) is 59.8. The zero-order valence-electron chi connectivity index (χ0n) is 17.2. The number of primary amides is 1. The summed E-state index contributed by atoms with van der Waals surface area (Å²) in [5.74, 6) is -4.24. The third kappa shape index (κ3) is 10.2. The van der Waals surface area contributed by atoms with E-state index in [2.05, 4.69) is 28.6 Å². The summed E-state index contributed by atoms with van der Waals surface area (Å²) in [6.07, 6.45) is 1.72. The Kier molecular flexibility index (Phi) is 13.2. The zero-order chi connectivity index (χ0) is 23.4. The van der Waals surface area contributed by atoms with Gasteiger partial charge in [-0.1, -0.05) is 13.8 Å². The van der Waals surface area contributed by atoms with E-state index in [1.54, 1.807) is 13.8 Å². The molecule has 0 heterocycles. The van der Waals surface area contributed by atoms with Crippen LogP contribution in [0.15, 0.2) is 0 Å². The number of aliphatic carboxylic acids is 1. The van der Waals surface area contributed by atoms with E-state index in [0.717, 1.165) is 0 Å². The van der Waals surface area contributed by atoms with Gasteiger partial charge < -0.3 is 32.5 Å². The van der Waals surface area contributed by atoms with Crippen LogP contribution in [0.2, 0.25) is 0 Å². The van der Waals surface area contributed by atoms with E-state index in [9.17, 15) is 29.1 Å². The molecule has 0 saturated heterocycles. The van der Waals surface area contributed by atoms with E-state index in [1.807, 2.05) is 6.26 Å². The van der Waals surface area contributed by atoms with Crippen molar-refractivity contribution in [3.05, 3.63) is 0 Å². The van der Waals surface area contributed by atoms with Crippen molar-refractivity contribution in [2.75, 3.05) is 17.8 Å². The van der Waals surface area contributed by atoms with Gasteiger partial charge in [0.25, 0.3) is 0 Å². The third-order valence-electron chi connectivity index (χ3n) is 4.05. The van der Waals surface area contributed by atoms with Crippen molar-refractivity contribution < 1.29 is 29.1 Å². The number of carbonyl (C=O) groups is 5. The molecular weight excluding hydrogens is 434 g/mol. The summed E-state index contributed by atoms with van der Waals surface area (Å²) in [6.45, 7) is 3.18. The number of rotatable bonds is 14. The Hall–Kier alpha value is -1.99. The molecule has 13 heteroatoms. The molecule has 0 aromatic heterocycles. The van der Waals surface area contributed by atoms with Gasteiger partial charge in [0.05, 0.1) is 12.5 Å². The SMILES string of the molecule is CSCCC(N)C(=O)NC(CS)C(=O)NC(CC(N)=O)C(=O)NC(C(=O)O)C(C)C. The number of carbonyl (C=O) groups excluding carboxylic acids is 4. The van der Waals surface area contributed by atoms with E-state index in [1.165, 1.54) is 11.8 Å². The predicted octanol–water partition coefficient (Wildman–Crippen LogP) is -1.93. The average Bonchev–Trinajstić information content (AvgIpc) is 2.66. The molecule has 0 radical (unpaired) electrons. The van der Waals surface area contributed by atoms with Crippen LogP contribution >= 0.6 is 24.4 Å². The minimum atomic E-state index is -1.42. The van der Waals surface area contributed by atoms with E-state index in [-0.39, 0.29) is 5.75 Å². The lowest BCUT2D eigenvalue weighted by molar-refractivity contribution is -0.143. The summed E-state index contributed by atoms with van der Waals surface area (Å²) in [6, 6.07) is -4.58. The summed E-state index contributed by atoms with van der Waals surface area (Å²) in [7, 11) is 0. The van der Waals surface area contributed by atoms with Gasteiger partial charge in [0, 0.05) is 5.75 Å². The number of amides is 4. The number of carboxylic acid groups (broad SMARTS) is 1. The molecule has 172 valence electrons. The molecule has 0 spiro atoms. The topological polar surface area (TPSA) is 194 Å². The Balaban J connectivity index is 5.22. The highest BCUT2D eigenvalue weighted by atomic mass is 32.2. The molecule has 11 nitrogen and oxygen atoms in total. The van der Waals surface area contributed by atoms with Crippen LogP contribution in [0.1, 0.15) is 26.7 Å². The fourth-order valence-corrected chi connectivity index (χ4v) is 3.05. The Morgan fingerprint density at radius 2 is 1.53 bits per heavy atom. The van der Waals surface area contributed by atoms with Crippen LogP contribution < -0.4 is 27.4 Å². The van der Waals surface area contributed by atoms with E-state index in [4.69, 9.17) is 11.5 Å². The van der Waals surface area contributed by atoms with Gasteiger partial charge in [-0.25, -0.2) is 4.79 Å². The highest BCUT2D eigenvalue weighted by molar-refractivity contribution is 7.98. The van der Waals surface area contributed by atoms with Crippen molar-refractivity contribution in [1.29, 1.82) is 0 Å². The molecule has 0 aromatic rings. The highest BCUT2D eigenvalue weighted by Gasteiger charge is 2.31. The second kappa shape index (κ2) is 14.1. The lowest BCUT2D eigenvalue weighted by Gasteiger charge is -2.25. The molecule has 0 saturated carbocycles. The largest absolute Gasteiger partial charge is 0.480 e. The van der Waals surface area contributed by atoms with E-state index >= 15 is 0 Å². The maximum absolute atomic E-state index is 12.5. The third-order valence-corrected chi connectivity index (χ3v) is 5.06. The molecule has 8 N–H and O–H groups in total. The zero-order valence-corrected chi connectivity index (χ0v) is 18.9. The lowest BCUT2D eigenvalue weighted by atomic mass is 10.0. The van der Waals surface area contributed by atoms with Crippen LogP contribution in [0.5, 0.6) is 0 Å². The maximum atomic E-state index is 12.5. The average molecular weight is 466 g/mol. The fraction of sp³-hybridized carbons (Fsp3) is 0.706. The Morgan fingerprint density at radius 3 is 1.97 bits per heavy atom. The molecular formula is C17H31N5O6S2. The molecule has 0 bridgehead atoms. The first-order valence-corrected chi connectivity index (χ1v) is 11.2. The fourth-order valence-electron chi connectivity index (χ4n) is 2.30. The van der Waals surface area contributed by atoms with Gasteiger partial charge in [0.15, 0.2) is 0 Å². The quantitative estimate of drug-likeness (QED) is 0.144. The van der Waals surface area contributed by atoms with Crippen LogP contribution in [0.3, 0.4) is 0 Å². The van der Waals surface area contributed by atoms with Gasteiger partial charge in [-0.2, -0.15) is 24.4 Å². The van der Waals surface area contributed by atoms with Crippen molar-refractivity contribution in [3.8, 4) is 0 Å². The first kappa shape index (κ1) is 28.0. The number of nitrogens with one attached hydrogen (secondary N) is 3. The van der Waals surface area contributed by atoms with Crippen LogP contribution in [0.25, 0.3) is 0 Å². The number of hydrogen-bond donors (Lipinski definition) is 7. The highest BCUT2D eigenvalue weighted by Crippen LogP contribution is 2.04. The van der Waals surface area contributed by atoms with E-state index in [0.29, 0.717) is 12.2 Å². The van der Waals surface area contributed by atoms with Crippen LogP contribution in [0.4, 0.5) is 0 Å². The number of thioether (sulfide) groups is 1. The van der Waals surface area contributed by atoms with Crippen molar-refractivity contribution in [1.82, 2.24) is 16.0 Å². The Bertz CT molecular complexity index is 634. The number of carboxylic acids is 1. The molecule has 0 aliphatic heterocycles. The Labute approximate surface area is 185 Å². The minimum Gasteiger partial charge on any atom is -0.480 e. The summed E-state index contributed by atoms with van der Waals surface area (Å²) < 4.78 is 0. The smallest absolute Gasteiger partial charge is 0.326 e. The van der Waals surface area contributed by atoms with Gasteiger partial charge in [-0.15, -0.1) is 0 Å². The predicted molar refractivity (Wildman–Crippen MR) is 117 cm³/mol. The lowest BCUT2D eigenvalue weighted by Crippen LogP contribution is -2.58. The molecule has 0 aliphatic rings. The molecule has 0 fully saturated rings. The van der Waals surface area contributed by atoms with E-state index < -0.39 is 66.1 Å².